The van der Waals surface area contributed by atoms with E-state index >= 15 is 0 Å². The molecule has 7 nitrogen and oxygen atoms in total. The van der Waals surface area contributed by atoms with Crippen LogP contribution in [0.2, 0.25) is 0 Å². The number of nitro groups is 1. The minimum atomic E-state index is -0.639. The van der Waals surface area contributed by atoms with Crippen LogP contribution in [0.5, 0.6) is 0 Å². The lowest BCUT2D eigenvalue weighted by molar-refractivity contribution is -0.385. The van der Waals surface area contributed by atoms with Crippen LogP contribution in [0, 0.1) is 10.1 Å². The van der Waals surface area contributed by atoms with Crippen molar-refractivity contribution in [2.24, 2.45) is 0 Å². The summed E-state index contributed by atoms with van der Waals surface area (Å²) in [7, 11) is 1.45. The second kappa shape index (κ2) is 7.87. The highest BCUT2D eigenvalue weighted by molar-refractivity contribution is 6.02. The van der Waals surface area contributed by atoms with Gasteiger partial charge < -0.3 is 10.6 Å². The summed E-state index contributed by atoms with van der Waals surface area (Å²) < 4.78 is 0. The molecule has 7 heteroatoms. The number of carbonyl (C=O) groups is 2. The molecule has 0 bridgehead atoms. The summed E-state index contributed by atoms with van der Waals surface area (Å²) >= 11 is 0. The van der Waals surface area contributed by atoms with Crippen molar-refractivity contribution in [3.63, 3.8) is 0 Å². The van der Waals surface area contributed by atoms with Crippen molar-refractivity contribution in [3.8, 4) is 0 Å². The molecule has 0 aliphatic carbocycles. The molecule has 24 heavy (non-hydrogen) atoms. The van der Waals surface area contributed by atoms with E-state index < -0.39 is 16.7 Å². The average Bonchev–Trinajstić information content (AvgIpc) is 2.61. The number of carbonyl (C=O) groups excluding carboxylic acids is 2. The second-order valence-electron chi connectivity index (χ2n) is 5.06. The topological polar surface area (TPSA) is 101 Å². The summed E-state index contributed by atoms with van der Waals surface area (Å²) in [6, 6.07) is 13.3. The molecule has 2 amide bonds. The van der Waals surface area contributed by atoms with Crippen LogP contribution in [0.15, 0.2) is 48.5 Å². The molecule has 0 aliphatic rings. The summed E-state index contributed by atoms with van der Waals surface area (Å²) in [5.74, 6) is -0.994. The van der Waals surface area contributed by atoms with Gasteiger partial charge in [0, 0.05) is 25.2 Å². The molecule has 0 saturated carbocycles. The van der Waals surface area contributed by atoms with E-state index in [0.717, 1.165) is 11.6 Å². The Hall–Kier alpha value is -3.22. The minimum Gasteiger partial charge on any atom is -0.355 e. The Bertz CT molecular complexity index is 760. The van der Waals surface area contributed by atoms with E-state index in [2.05, 4.69) is 10.6 Å². The van der Waals surface area contributed by atoms with Gasteiger partial charge in [-0.05, 0) is 24.1 Å². The van der Waals surface area contributed by atoms with Gasteiger partial charge in [0.05, 0.1) is 4.92 Å². The molecule has 2 aromatic rings. The molecule has 0 spiro atoms. The van der Waals surface area contributed by atoms with Crippen LogP contribution < -0.4 is 10.6 Å². The molecule has 2 rings (SSSR count). The first-order valence-corrected chi connectivity index (χ1v) is 7.35. The first kappa shape index (κ1) is 17.1. The Labute approximate surface area is 138 Å². The van der Waals surface area contributed by atoms with Gasteiger partial charge in [-0.25, -0.2) is 0 Å². The van der Waals surface area contributed by atoms with Crippen molar-refractivity contribution in [3.05, 3.63) is 75.3 Å². The van der Waals surface area contributed by atoms with Crippen molar-refractivity contribution in [1.29, 1.82) is 0 Å². The largest absolute Gasteiger partial charge is 0.355 e. The maximum atomic E-state index is 12.3. The van der Waals surface area contributed by atoms with E-state index in [9.17, 15) is 19.7 Å². The molecular formula is C17H17N3O4. The fourth-order valence-electron chi connectivity index (χ4n) is 2.22. The van der Waals surface area contributed by atoms with Gasteiger partial charge in [0.15, 0.2) is 0 Å². The molecule has 0 aliphatic heterocycles. The number of hydrogen-bond donors (Lipinski definition) is 2. The lowest BCUT2D eigenvalue weighted by atomic mass is 10.1. The molecule has 2 aromatic carbocycles. The van der Waals surface area contributed by atoms with Crippen LogP contribution in [0.4, 0.5) is 5.69 Å². The van der Waals surface area contributed by atoms with Gasteiger partial charge in [-0.3, -0.25) is 19.7 Å². The van der Waals surface area contributed by atoms with Crippen molar-refractivity contribution in [2.75, 3.05) is 13.6 Å². The van der Waals surface area contributed by atoms with Crippen LogP contribution in [0.1, 0.15) is 26.3 Å². The third-order valence-corrected chi connectivity index (χ3v) is 3.47. The van der Waals surface area contributed by atoms with Crippen LogP contribution >= 0.6 is 0 Å². The Kier molecular flexibility index (Phi) is 5.62. The fraction of sp³-hybridized carbons (Fsp3) is 0.176. The number of hydrogen-bond acceptors (Lipinski definition) is 4. The van der Waals surface area contributed by atoms with Gasteiger partial charge >= 0.3 is 0 Å². The zero-order valence-corrected chi connectivity index (χ0v) is 13.1. The summed E-state index contributed by atoms with van der Waals surface area (Å²) in [5.41, 5.74) is 0.775. The lowest BCUT2D eigenvalue weighted by Gasteiger charge is -2.08. The van der Waals surface area contributed by atoms with E-state index in [4.69, 9.17) is 0 Å². The van der Waals surface area contributed by atoms with Gasteiger partial charge in [-0.15, -0.1) is 0 Å². The number of rotatable bonds is 6. The zero-order valence-electron chi connectivity index (χ0n) is 13.1. The normalized spacial score (nSPS) is 10.0. The van der Waals surface area contributed by atoms with Gasteiger partial charge in [0.2, 0.25) is 0 Å². The molecule has 0 atom stereocenters. The molecule has 2 N–H and O–H groups in total. The lowest BCUT2D eigenvalue weighted by Crippen LogP contribution is -2.27. The number of benzene rings is 2. The molecule has 0 aromatic heterocycles. The van der Waals surface area contributed by atoms with Gasteiger partial charge in [-0.2, -0.15) is 0 Å². The minimum absolute atomic E-state index is 0.130. The standard InChI is InChI=1S/C17H17N3O4/c1-18-16(21)13-7-8-15(20(23)24)14(11-13)17(22)19-10-9-12-5-3-2-4-6-12/h2-8,11H,9-10H2,1H3,(H,18,21)(H,19,22). The van der Waals surface area contributed by atoms with Crippen LogP contribution in [0.25, 0.3) is 0 Å². The maximum Gasteiger partial charge on any atom is 0.282 e. The Balaban J connectivity index is 2.14. The summed E-state index contributed by atoms with van der Waals surface area (Å²) in [6.07, 6.45) is 0.607. The third kappa shape index (κ3) is 4.16. The van der Waals surface area contributed by atoms with E-state index in [0.29, 0.717) is 13.0 Å². The predicted molar refractivity (Wildman–Crippen MR) is 89.0 cm³/mol. The Morgan fingerprint density at radius 2 is 1.79 bits per heavy atom. The summed E-state index contributed by atoms with van der Waals surface area (Å²) in [5, 5.41) is 16.2. The van der Waals surface area contributed by atoms with Crippen molar-refractivity contribution < 1.29 is 14.5 Å². The van der Waals surface area contributed by atoms with Crippen LogP contribution in [-0.4, -0.2) is 30.3 Å². The Morgan fingerprint density at radius 1 is 1.08 bits per heavy atom. The Morgan fingerprint density at radius 3 is 2.42 bits per heavy atom. The number of nitrogens with zero attached hydrogens (tertiary/aromatic N) is 1. The van der Waals surface area contributed by atoms with Crippen molar-refractivity contribution in [2.45, 2.75) is 6.42 Å². The summed E-state index contributed by atoms with van der Waals surface area (Å²) in [4.78, 5) is 34.4. The number of nitrogens with one attached hydrogen (secondary N) is 2. The molecule has 0 radical (unpaired) electrons. The fourth-order valence-corrected chi connectivity index (χ4v) is 2.22. The molecule has 124 valence electrons. The smallest absolute Gasteiger partial charge is 0.282 e. The monoisotopic (exact) mass is 327 g/mol. The molecule has 0 fully saturated rings. The first-order valence-electron chi connectivity index (χ1n) is 7.35. The first-order chi connectivity index (χ1) is 11.5. The predicted octanol–water partition coefficient (Wildman–Crippen LogP) is 1.93. The maximum absolute atomic E-state index is 12.3. The highest BCUT2D eigenvalue weighted by Crippen LogP contribution is 2.20. The van der Waals surface area contributed by atoms with Gasteiger partial charge in [0.1, 0.15) is 5.56 Å². The van der Waals surface area contributed by atoms with Gasteiger partial charge in [-0.1, -0.05) is 30.3 Å². The zero-order chi connectivity index (χ0) is 17.5. The molecule has 0 unspecified atom stereocenters. The highest BCUT2D eigenvalue weighted by atomic mass is 16.6. The average molecular weight is 327 g/mol. The van der Waals surface area contributed by atoms with Crippen molar-refractivity contribution in [1.82, 2.24) is 10.6 Å². The molecule has 0 heterocycles. The van der Waals surface area contributed by atoms with Gasteiger partial charge in [0.25, 0.3) is 17.5 Å². The van der Waals surface area contributed by atoms with Crippen molar-refractivity contribution >= 4 is 17.5 Å². The van der Waals surface area contributed by atoms with E-state index in [1.165, 1.54) is 19.2 Å². The van der Waals surface area contributed by atoms with Crippen LogP contribution in [0.3, 0.4) is 0 Å². The van der Waals surface area contributed by atoms with Crippen LogP contribution in [-0.2, 0) is 6.42 Å². The number of amides is 2. The quantitative estimate of drug-likeness (QED) is 0.625. The second-order valence-corrected chi connectivity index (χ2v) is 5.06. The molecule has 0 saturated heterocycles. The molecular weight excluding hydrogens is 310 g/mol. The summed E-state index contributed by atoms with van der Waals surface area (Å²) in [6.45, 7) is 0.338. The van der Waals surface area contributed by atoms with E-state index in [1.807, 2.05) is 30.3 Å². The third-order valence-electron chi connectivity index (χ3n) is 3.47. The number of nitro benzene ring substituents is 1. The highest BCUT2D eigenvalue weighted by Gasteiger charge is 2.21. The van der Waals surface area contributed by atoms with E-state index in [1.54, 1.807) is 0 Å². The SMILES string of the molecule is CNC(=O)c1ccc([N+](=O)[O-])c(C(=O)NCCc2ccccc2)c1. The van der Waals surface area contributed by atoms with E-state index in [-0.39, 0.29) is 16.8 Å².